The Hall–Kier alpha value is -3.61. The Morgan fingerprint density at radius 2 is 1.77 bits per heavy atom. The quantitative estimate of drug-likeness (QED) is 0.361. The van der Waals surface area contributed by atoms with Gasteiger partial charge in [-0.05, 0) is 69.7 Å². The SMILES string of the molecule is C=Cc1cccc(C(C(=O)NC(C)CCC)N(C(=O)C(Cc2ccccc2)NC(=O)OC(C)(C)C)C2CC2)c1. The van der Waals surface area contributed by atoms with Crippen LogP contribution in [0.1, 0.15) is 83.0 Å². The number of alkyl carbamates (subject to hydrolysis) is 1. The summed E-state index contributed by atoms with van der Waals surface area (Å²) in [4.78, 5) is 42.8. The smallest absolute Gasteiger partial charge is 0.408 e. The molecule has 1 fully saturated rings. The van der Waals surface area contributed by atoms with Gasteiger partial charge in [-0.3, -0.25) is 9.59 Å². The predicted molar refractivity (Wildman–Crippen MR) is 155 cm³/mol. The van der Waals surface area contributed by atoms with Gasteiger partial charge < -0.3 is 20.3 Å². The van der Waals surface area contributed by atoms with Crippen molar-refractivity contribution in [3.8, 4) is 0 Å². The molecule has 2 aromatic carbocycles. The molecule has 3 atom stereocenters. The van der Waals surface area contributed by atoms with Crippen LogP contribution in [0.3, 0.4) is 0 Å². The molecule has 7 nitrogen and oxygen atoms in total. The minimum atomic E-state index is -0.909. The number of rotatable bonds is 12. The highest BCUT2D eigenvalue weighted by molar-refractivity contribution is 5.93. The Balaban J connectivity index is 2.02. The third-order valence-corrected chi connectivity index (χ3v) is 6.57. The lowest BCUT2D eigenvalue weighted by molar-refractivity contribution is -0.143. The molecule has 1 aliphatic rings. The highest BCUT2D eigenvalue weighted by atomic mass is 16.6. The number of nitrogens with one attached hydrogen (secondary N) is 2. The molecule has 0 saturated heterocycles. The average molecular weight is 534 g/mol. The molecule has 7 heteroatoms. The second-order valence-electron chi connectivity index (χ2n) is 11.3. The van der Waals surface area contributed by atoms with Crippen molar-refractivity contribution in [3.05, 3.63) is 77.9 Å². The number of ether oxygens (including phenoxy) is 1. The molecule has 0 aromatic heterocycles. The summed E-state index contributed by atoms with van der Waals surface area (Å²) in [6, 6.07) is 15.2. The summed E-state index contributed by atoms with van der Waals surface area (Å²) in [6.45, 7) is 13.3. The Labute approximate surface area is 233 Å². The maximum atomic E-state index is 14.4. The summed E-state index contributed by atoms with van der Waals surface area (Å²) in [7, 11) is 0. The van der Waals surface area contributed by atoms with Gasteiger partial charge in [-0.2, -0.15) is 0 Å². The van der Waals surface area contributed by atoms with Crippen molar-refractivity contribution in [2.45, 2.75) is 96.5 Å². The van der Waals surface area contributed by atoms with Crippen LogP contribution >= 0.6 is 0 Å². The van der Waals surface area contributed by atoms with Gasteiger partial charge in [0.05, 0.1) is 0 Å². The summed E-state index contributed by atoms with van der Waals surface area (Å²) in [5, 5.41) is 5.94. The maximum Gasteiger partial charge on any atom is 0.408 e. The van der Waals surface area contributed by atoms with Gasteiger partial charge in [-0.1, -0.05) is 74.5 Å². The van der Waals surface area contributed by atoms with Crippen molar-refractivity contribution >= 4 is 24.0 Å². The van der Waals surface area contributed by atoms with E-state index in [1.807, 2.05) is 61.5 Å². The molecule has 2 N–H and O–H groups in total. The first-order valence-corrected chi connectivity index (χ1v) is 13.9. The molecular weight excluding hydrogens is 490 g/mol. The van der Waals surface area contributed by atoms with Crippen LogP contribution in [0.25, 0.3) is 6.08 Å². The van der Waals surface area contributed by atoms with Crippen LogP contribution in [0.5, 0.6) is 0 Å². The fourth-order valence-corrected chi connectivity index (χ4v) is 4.67. The van der Waals surface area contributed by atoms with Gasteiger partial charge in [0.15, 0.2) is 0 Å². The van der Waals surface area contributed by atoms with Crippen LogP contribution in [0.2, 0.25) is 0 Å². The molecule has 39 heavy (non-hydrogen) atoms. The van der Waals surface area contributed by atoms with Crippen molar-refractivity contribution < 1.29 is 19.1 Å². The number of carbonyl (C=O) groups excluding carboxylic acids is 3. The van der Waals surface area contributed by atoms with Crippen LogP contribution in [-0.2, 0) is 20.7 Å². The van der Waals surface area contributed by atoms with Crippen molar-refractivity contribution in [1.82, 2.24) is 15.5 Å². The van der Waals surface area contributed by atoms with E-state index in [2.05, 4.69) is 24.1 Å². The molecule has 2 aromatic rings. The van der Waals surface area contributed by atoms with Gasteiger partial charge in [0.1, 0.15) is 17.7 Å². The first-order valence-electron chi connectivity index (χ1n) is 13.9. The van der Waals surface area contributed by atoms with Gasteiger partial charge >= 0.3 is 6.09 Å². The number of benzene rings is 2. The number of hydrogen-bond acceptors (Lipinski definition) is 4. The van der Waals surface area contributed by atoms with Crippen molar-refractivity contribution in [1.29, 1.82) is 0 Å². The van der Waals surface area contributed by atoms with Crippen molar-refractivity contribution in [2.24, 2.45) is 0 Å². The van der Waals surface area contributed by atoms with E-state index in [-0.39, 0.29) is 30.3 Å². The Kier molecular flexibility index (Phi) is 10.3. The van der Waals surface area contributed by atoms with Crippen molar-refractivity contribution in [3.63, 3.8) is 0 Å². The molecule has 3 unspecified atom stereocenters. The zero-order valence-corrected chi connectivity index (χ0v) is 23.9. The third kappa shape index (κ3) is 8.98. The Bertz CT molecular complexity index is 1140. The van der Waals surface area contributed by atoms with E-state index in [1.165, 1.54) is 0 Å². The topological polar surface area (TPSA) is 87.7 Å². The number of amides is 3. The van der Waals surface area contributed by atoms with Gasteiger partial charge in [-0.25, -0.2) is 4.79 Å². The van der Waals surface area contributed by atoms with E-state index in [1.54, 1.807) is 31.7 Å². The molecule has 210 valence electrons. The molecule has 0 bridgehead atoms. The predicted octanol–water partition coefficient (Wildman–Crippen LogP) is 5.80. The van der Waals surface area contributed by atoms with Crippen LogP contribution in [0.15, 0.2) is 61.2 Å². The highest BCUT2D eigenvalue weighted by Gasteiger charge is 2.44. The molecule has 1 saturated carbocycles. The fourth-order valence-electron chi connectivity index (χ4n) is 4.67. The van der Waals surface area contributed by atoms with Gasteiger partial charge in [0, 0.05) is 18.5 Å². The van der Waals surface area contributed by atoms with Gasteiger partial charge in [0.25, 0.3) is 0 Å². The lowest BCUT2D eigenvalue weighted by Crippen LogP contribution is -2.55. The van der Waals surface area contributed by atoms with E-state index in [0.29, 0.717) is 5.56 Å². The van der Waals surface area contributed by atoms with E-state index in [0.717, 1.165) is 36.8 Å². The highest BCUT2D eigenvalue weighted by Crippen LogP contribution is 2.36. The normalized spacial score (nSPS) is 15.4. The summed E-state index contributed by atoms with van der Waals surface area (Å²) in [5.41, 5.74) is 1.75. The summed E-state index contributed by atoms with van der Waals surface area (Å²) >= 11 is 0. The summed E-state index contributed by atoms with van der Waals surface area (Å²) < 4.78 is 5.50. The molecule has 0 aliphatic heterocycles. The van der Waals surface area contributed by atoms with E-state index < -0.39 is 23.8 Å². The molecule has 1 aliphatic carbocycles. The zero-order chi connectivity index (χ0) is 28.6. The second-order valence-corrected chi connectivity index (χ2v) is 11.3. The summed E-state index contributed by atoms with van der Waals surface area (Å²) in [5.74, 6) is -0.535. The maximum absolute atomic E-state index is 14.4. The second kappa shape index (κ2) is 13.5. The summed E-state index contributed by atoms with van der Waals surface area (Å²) in [6.07, 6.45) is 4.69. The van der Waals surface area contributed by atoms with Gasteiger partial charge in [-0.15, -0.1) is 0 Å². The minimum absolute atomic E-state index is 0.0382. The first-order chi connectivity index (χ1) is 18.5. The standard InChI is InChI=1S/C32H43N3O4/c1-7-13-22(3)33-29(36)28(25-17-12-16-23(8-2)20-25)35(26-18-19-26)30(37)27(21-24-14-10-9-11-15-24)34-31(38)39-32(4,5)6/h8-12,14-17,20,22,26-28H,2,7,13,18-19,21H2,1,3-6H3,(H,33,36)(H,34,38). The molecule has 0 radical (unpaired) electrons. The lowest BCUT2D eigenvalue weighted by atomic mass is 9.98. The average Bonchev–Trinajstić information content (AvgIpc) is 3.71. The fraction of sp³-hybridized carbons (Fsp3) is 0.469. The zero-order valence-electron chi connectivity index (χ0n) is 23.9. The molecule has 0 spiro atoms. The molecule has 3 amide bonds. The molecule has 3 rings (SSSR count). The van der Waals surface area contributed by atoms with Gasteiger partial charge in [0.2, 0.25) is 11.8 Å². The van der Waals surface area contributed by atoms with Crippen molar-refractivity contribution in [2.75, 3.05) is 0 Å². The van der Waals surface area contributed by atoms with Crippen LogP contribution in [0, 0.1) is 0 Å². The minimum Gasteiger partial charge on any atom is -0.444 e. The largest absolute Gasteiger partial charge is 0.444 e. The van der Waals surface area contributed by atoms with Crippen LogP contribution in [0.4, 0.5) is 4.79 Å². The first kappa shape index (κ1) is 29.9. The van der Waals surface area contributed by atoms with E-state index >= 15 is 0 Å². The third-order valence-electron chi connectivity index (χ3n) is 6.57. The van der Waals surface area contributed by atoms with E-state index in [9.17, 15) is 14.4 Å². The number of carbonyl (C=O) groups is 3. The molecule has 0 heterocycles. The monoisotopic (exact) mass is 533 g/mol. The van der Waals surface area contributed by atoms with Crippen LogP contribution in [-0.4, -0.2) is 46.5 Å². The Morgan fingerprint density at radius 1 is 1.08 bits per heavy atom. The van der Waals surface area contributed by atoms with E-state index in [4.69, 9.17) is 4.74 Å². The number of nitrogens with zero attached hydrogens (tertiary/aromatic N) is 1. The van der Waals surface area contributed by atoms with Crippen LogP contribution < -0.4 is 10.6 Å². The lowest BCUT2D eigenvalue weighted by Gasteiger charge is -2.35. The molecular formula is C32H43N3O4. The number of hydrogen-bond donors (Lipinski definition) is 2. The Morgan fingerprint density at radius 3 is 2.36 bits per heavy atom.